The molecule has 2 aliphatic rings. The summed E-state index contributed by atoms with van der Waals surface area (Å²) in [6.07, 6.45) is 4.10. The number of nitrogens with zero attached hydrogens (tertiary/aromatic N) is 1. The van der Waals surface area contributed by atoms with E-state index in [1.165, 1.54) is 4.90 Å². The van der Waals surface area contributed by atoms with E-state index >= 15 is 0 Å². The minimum atomic E-state index is -0.564. The van der Waals surface area contributed by atoms with Crippen molar-refractivity contribution in [3.05, 3.63) is 0 Å². The highest BCUT2D eigenvalue weighted by molar-refractivity contribution is 6.06. The SMILES string of the molecule is COCCNC(=O)CNC1CC(=O)N(C2CCCC2)C1=O. The number of carbonyl (C=O) groups excluding carboxylic acids is 3. The molecule has 1 saturated carbocycles. The molecule has 21 heavy (non-hydrogen) atoms. The van der Waals surface area contributed by atoms with Crippen LogP contribution in [0.4, 0.5) is 0 Å². The van der Waals surface area contributed by atoms with Crippen molar-refractivity contribution in [1.29, 1.82) is 0 Å². The van der Waals surface area contributed by atoms with Crippen molar-refractivity contribution in [2.24, 2.45) is 0 Å². The van der Waals surface area contributed by atoms with Crippen molar-refractivity contribution in [2.75, 3.05) is 26.8 Å². The summed E-state index contributed by atoms with van der Waals surface area (Å²) < 4.78 is 4.83. The lowest BCUT2D eigenvalue weighted by atomic mass is 10.2. The number of methoxy groups -OCH3 is 1. The smallest absolute Gasteiger partial charge is 0.247 e. The van der Waals surface area contributed by atoms with Crippen LogP contribution in [0.25, 0.3) is 0 Å². The van der Waals surface area contributed by atoms with Gasteiger partial charge in [-0.3, -0.25) is 24.6 Å². The summed E-state index contributed by atoms with van der Waals surface area (Å²) in [5.74, 6) is -0.507. The molecule has 118 valence electrons. The van der Waals surface area contributed by atoms with Gasteiger partial charge >= 0.3 is 0 Å². The summed E-state index contributed by atoms with van der Waals surface area (Å²) in [6, 6.07) is -0.501. The molecular formula is C14H23N3O4. The van der Waals surface area contributed by atoms with Crippen LogP contribution in [0.2, 0.25) is 0 Å². The van der Waals surface area contributed by atoms with Gasteiger partial charge < -0.3 is 10.1 Å². The zero-order valence-corrected chi connectivity index (χ0v) is 12.4. The van der Waals surface area contributed by atoms with E-state index in [0.717, 1.165) is 25.7 Å². The number of hydrogen-bond acceptors (Lipinski definition) is 5. The number of likely N-dealkylation sites (tertiary alicyclic amines) is 1. The van der Waals surface area contributed by atoms with Gasteiger partial charge in [0, 0.05) is 19.7 Å². The Morgan fingerprint density at radius 2 is 2.05 bits per heavy atom. The zero-order valence-electron chi connectivity index (χ0n) is 12.4. The highest BCUT2D eigenvalue weighted by Gasteiger charge is 2.42. The first-order valence-corrected chi connectivity index (χ1v) is 7.48. The van der Waals surface area contributed by atoms with E-state index in [0.29, 0.717) is 13.2 Å². The molecule has 0 bridgehead atoms. The zero-order chi connectivity index (χ0) is 15.2. The lowest BCUT2D eigenvalue weighted by Gasteiger charge is -2.22. The Morgan fingerprint density at radius 1 is 1.33 bits per heavy atom. The Morgan fingerprint density at radius 3 is 2.71 bits per heavy atom. The van der Waals surface area contributed by atoms with Crippen LogP contribution in [0.15, 0.2) is 0 Å². The number of rotatable bonds is 7. The van der Waals surface area contributed by atoms with E-state index < -0.39 is 6.04 Å². The maximum Gasteiger partial charge on any atom is 0.247 e. The van der Waals surface area contributed by atoms with E-state index in [1.54, 1.807) is 7.11 Å². The third-order valence-electron chi connectivity index (χ3n) is 4.01. The molecule has 2 fully saturated rings. The Hall–Kier alpha value is -1.47. The number of ether oxygens (including phenoxy) is 1. The fraction of sp³-hybridized carbons (Fsp3) is 0.786. The van der Waals surface area contributed by atoms with Gasteiger partial charge in [0.15, 0.2) is 0 Å². The first kappa shape index (κ1) is 15.9. The third kappa shape index (κ3) is 4.01. The summed E-state index contributed by atoms with van der Waals surface area (Å²) in [4.78, 5) is 37.2. The molecule has 1 aliphatic carbocycles. The number of amides is 3. The lowest BCUT2D eigenvalue weighted by molar-refractivity contribution is -0.141. The molecule has 2 N–H and O–H groups in total. The molecule has 0 aromatic rings. The molecule has 1 heterocycles. The molecule has 0 radical (unpaired) electrons. The van der Waals surface area contributed by atoms with Crippen LogP contribution in [0.1, 0.15) is 32.1 Å². The van der Waals surface area contributed by atoms with Crippen LogP contribution >= 0.6 is 0 Å². The van der Waals surface area contributed by atoms with Gasteiger partial charge in [-0.1, -0.05) is 12.8 Å². The van der Waals surface area contributed by atoms with Crippen molar-refractivity contribution in [3.8, 4) is 0 Å². The van der Waals surface area contributed by atoms with Crippen molar-refractivity contribution >= 4 is 17.7 Å². The second-order valence-corrected chi connectivity index (χ2v) is 5.52. The van der Waals surface area contributed by atoms with Crippen LogP contribution in [-0.2, 0) is 19.1 Å². The number of nitrogens with one attached hydrogen (secondary N) is 2. The highest BCUT2D eigenvalue weighted by atomic mass is 16.5. The second-order valence-electron chi connectivity index (χ2n) is 5.52. The predicted octanol–water partition coefficient (Wildman–Crippen LogP) is -0.591. The van der Waals surface area contributed by atoms with Gasteiger partial charge in [0.2, 0.25) is 17.7 Å². The molecule has 1 unspecified atom stereocenters. The normalized spacial score (nSPS) is 23.1. The molecule has 1 atom stereocenters. The van der Waals surface area contributed by atoms with Crippen molar-refractivity contribution in [2.45, 2.75) is 44.2 Å². The summed E-state index contributed by atoms with van der Waals surface area (Å²) in [6.45, 7) is 0.913. The Balaban J connectivity index is 1.78. The molecule has 0 aromatic carbocycles. The minimum absolute atomic E-state index is 0.0336. The number of carbonyl (C=O) groups is 3. The summed E-state index contributed by atoms with van der Waals surface area (Å²) in [7, 11) is 1.56. The average molecular weight is 297 g/mol. The van der Waals surface area contributed by atoms with Gasteiger partial charge in [0.1, 0.15) is 0 Å². The summed E-state index contributed by atoms with van der Waals surface area (Å²) in [5, 5.41) is 5.54. The van der Waals surface area contributed by atoms with Gasteiger partial charge in [-0.15, -0.1) is 0 Å². The van der Waals surface area contributed by atoms with Crippen LogP contribution < -0.4 is 10.6 Å². The van der Waals surface area contributed by atoms with Crippen molar-refractivity contribution in [1.82, 2.24) is 15.5 Å². The largest absolute Gasteiger partial charge is 0.383 e. The number of hydrogen-bond donors (Lipinski definition) is 2. The monoisotopic (exact) mass is 297 g/mol. The molecule has 0 aromatic heterocycles. The molecule has 3 amide bonds. The van der Waals surface area contributed by atoms with Crippen LogP contribution in [0.5, 0.6) is 0 Å². The predicted molar refractivity (Wildman–Crippen MR) is 75.4 cm³/mol. The lowest BCUT2D eigenvalue weighted by Crippen LogP contribution is -2.45. The van der Waals surface area contributed by atoms with E-state index in [1.807, 2.05) is 0 Å². The maximum atomic E-state index is 12.3. The average Bonchev–Trinajstić information content (AvgIpc) is 3.05. The first-order valence-electron chi connectivity index (χ1n) is 7.48. The first-order chi connectivity index (χ1) is 10.1. The molecule has 0 spiro atoms. The van der Waals surface area contributed by atoms with Gasteiger partial charge in [-0.2, -0.15) is 0 Å². The molecule has 2 rings (SSSR count). The van der Waals surface area contributed by atoms with E-state index in [4.69, 9.17) is 4.74 Å². The molecule has 7 nitrogen and oxygen atoms in total. The van der Waals surface area contributed by atoms with Gasteiger partial charge in [0.05, 0.1) is 25.6 Å². The molecule has 1 aliphatic heterocycles. The molecule has 7 heteroatoms. The summed E-state index contributed by atoms with van der Waals surface area (Å²) in [5.41, 5.74) is 0. The number of imide groups is 1. The Bertz CT molecular complexity index is 407. The van der Waals surface area contributed by atoms with E-state index in [-0.39, 0.29) is 36.7 Å². The quantitative estimate of drug-likeness (QED) is 0.484. The van der Waals surface area contributed by atoms with Gasteiger partial charge in [0.25, 0.3) is 0 Å². The Kier molecular flexibility index (Phi) is 5.69. The second kappa shape index (κ2) is 7.51. The van der Waals surface area contributed by atoms with E-state index in [9.17, 15) is 14.4 Å². The molecule has 1 saturated heterocycles. The third-order valence-corrected chi connectivity index (χ3v) is 4.01. The van der Waals surface area contributed by atoms with Crippen molar-refractivity contribution in [3.63, 3.8) is 0 Å². The van der Waals surface area contributed by atoms with Crippen LogP contribution in [-0.4, -0.2) is 61.5 Å². The van der Waals surface area contributed by atoms with Crippen LogP contribution in [0.3, 0.4) is 0 Å². The fourth-order valence-corrected chi connectivity index (χ4v) is 2.93. The van der Waals surface area contributed by atoms with Crippen molar-refractivity contribution < 1.29 is 19.1 Å². The van der Waals surface area contributed by atoms with Gasteiger partial charge in [-0.25, -0.2) is 0 Å². The summed E-state index contributed by atoms with van der Waals surface area (Å²) >= 11 is 0. The van der Waals surface area contributed by atoms with Gasteiger partial charge in [-0.05, 0) is 12.8 Å². The van der Waals surface area contributed by atoms with E-state index in [2.05, 4.69) is 10.6 Å². The van der Waals surface area contributed by atoms with Crippen LogP contribution in [0, 0.1) is 0 Å². The maximum absolute atomic E-state index is 12.3. The minimum Gasteiger partial charge on any atom is -0.383 e. The molecular weight excluding hydrogens is 274 g/mol. The fourth-order valence-electron chi connectivity index (χ4n) is 2.93. The Labute approximate surface area is 124 Å². The highest BCUT2D eigenvalue weighted by Crippen LogP contribution is 2.27. The standard InChI is InChI=1S/C14H23N3O4/c1-21-7-6-15-12(18)9-16-11-8-13(19)17(14(11)20)10-4-2-3-5-10/h10-11,16H,2-9H2,1H3,(H,15,18). The topological polar surface area (TPSA) is 87.7 Å².